The lowest BCUT2D eigenvalue weighted by Gasteiger charge is -2.12. The molecule has 1 aromatic heterocycles. The summed E-state index contributed by atoms with van der Waals surface area (Å²) in [5, 5.41) is 15.9. The van der Waals surface area contributed by atoms with Crippen LogP contribution in [-0.2, 0) is 6.54 Å². The molecule has 20 heavy (non-hydrogen) atoms. The van der Waals surface area contributed by atoms with Gasteiger partial charge in [-0.1, -0.05) is 19.9 Å². The monoisotopic (exact) mass is 273 g/mol. The SMILES string of the molecule is CC(C)CNCc1c(F)cccc1-n1cnc(C#N)n1. The highest BCUT2D eigenvalue weighted by Crippen LogP contribution is 2.17. The summed E-state index contributed by atoms with van der Waals surface area (Å²) in [6.45, 7) is 5.38. The Labute approximate surface area is 117 Å². The quantitative estimate of drug-likeness (QED) is 0.905. The van der Waals surface area contributed by atoms with Crippen LogP contribution in [0.25, 0.3) is 5.69 Å². The number of benzene rings is 1. The van der Waals surface area contributed by atoms with Gasteiger partial charge in [-0.25, -0.2) is 14.1 Å². The molecule has 6 heteroatoms. The van der Waals surface area contributed by atoms with E-state index < -0.39 is 0 Å². The maximum atomic E-state index is 14.0. The molecule has 1 heterocycles. The lowest BCUT2D eigenvalue weighted by atomic mass is 10.1. The van der Waals surface area contributed by atoms with Gasteiger partial charge in [-0.2, -0.15) is 5.26 Å². The minimum absolute atomic E-state index is 0.0651. The number of halogens is 1. The number of rotatable bonds is 5. The minimum atomic E-state index is -0.298. The Bertz CT molecular complexity index is 627. The first-order valence-electron chi connectivity index (χ1n) is 6.42. The summed E-state index contributed by atoms with van der Waals surface area (Å²) in [5.74, 6) is 0.255. The Morgan fingerprint density at radius 3 is 2.90 bits per heavy atom. The Morgan fingerprint density at radius 2 is 2.25 bits per heavy atom. The Kier molecular flexibility index (Phi) is 4.43. The number of nitrogens with one attached hydrogen (secondary N) is 1. The largest absolute Gasteiger partial charge is 0.312 e. The van der Waals surface area contributed by atoms with Gasteiger partial charge in [-0.05, 0) is 24.6 Å². The van der Waals surface area contributed by atoms with Crippen molar-refractivity contribution in [3.8, 4) is 11.8 Å². The smallest absolute Gasteiger partial charge is 0.252 e. The van der Waals surface area contributed by atoms with Gasteiger partial charge in [0.05, 0.1) is 5.69 Å². The van der Waals surface area contributed by atoms with Crippen LogP contribution in [-0.4, -0.2) is 21.3 Å². The molecular weight excluding hydrogens is 257 g/mol. The molecular formula is C14H16FN5. The molecule has 5 nitrogen and oxygen atoms in total. The minimum Gasteiger partial charge on any atom is -0.312 e. The van der Waals surface area contributed by atoms with E-state index in [1.807, 2.05) is 6.07 Å². The van der Waals surface area contributed by atoms with Gasteiger partial charge >= 0.3 is 0 Å². The maximum absolute atomic E-state index is 14.0. The van der Waals surface area contributed by atoms with E-state index in [2.05, 4.69) is 29.2 Å². The first-order valence-corrected chi connectivity index (χ1v) is 6.42. The number of nitriles is 1. The van der Waals surface area contributed by atoms with Crippen molar-refractivity contribution in [1.82, 2.24) is 20.1 Å². The van der Waals surface area contributed by atoms with Crippen molar-refractivity contribution in [3.63, 3.8) is 0 Å². The van der Waals surface area contributed by atoms with Crippen molar-refractivity contribution in [2.45, 2.75) is 20.4 Å². The lowest BCUT2D eigenvalue weighted by Crippen LogP contribution is -2.21. The molecule has 0 atom stereocenters. The number of hydrogen-bond acceptors (Lipinski definition) is 4. The van der Waals surface area contributed by atoms with E-state index in [4.69, 9.17) is 5.26 Å². The second-order valence-corrected chi connectivity index (χ2v) is 4.89. The Morgan fingerprint density at radius 1 is 1.45 bits per heavy atom. The average Bonchev–Trinajstić information content (AvgIpc) is 2.89. The van der Waals surface area contributed by atoms with Crippen molar-refractivity contribution in [2.75, 3.05) is 6.54 Å². The maximum Gasteiger partial charge on any atom is 0.252 e. The van der Waals surface area contributed by atoms with Gasteiger partial charge < -0.3 is 5.32 Å². The van der Waals surface area contributed by atoms with Crippen LogP contribution >= 0.6 is 0 Å². The molecule has 1 aromatic carbocycles. The van der Waals surface area contributed by atoms with Crippen molar-refractivity contribution in [2.24, 2.45) is 5.92 Å². The van der Waals surface area contributed by atoms with E-state index in [-0.39, 0.29) is 11.6 Å². The van der Waals surface area contributed by atoms with Crippen LogP contribution in [0.5, 0.6) is 0 Å². The standard InChI is InChI=1S/C14H16FN5/c1-10(2)7-17-8-11-12(15)4-3-5-13(11)20-9-18-14(6-16)19-20/h3-5,9-10,17H,7-8H2,1-2H3. The van der Waals surface area contributed by atoms with Crippen molar-refractivity contribution in [3.05, 3.63) is 41.7 Å². The highest BCUT2D eigenvalue weighted by Gasteiger charge is 2.11. The van der Waals surface area contributed by atoms with E-state index in [0.717, 1.165) is 6.54 Å². The third-order valence-corrected chi connectivity index (χ3v) is 2.79. The van der Waals surface area contributed by atoms with Crippen LogP contribution in [0.4, 0.5) is 4.39 Å². The van der Waals surface area contributed by atoms with Gasteiger partial charge in [-0.15, -0.1) is 5.10 Å². The van der Waals surface area contributed by atoms with Gasteiger partial charge in [-0.3, -0.25) is 0 Å². The third kappa shape index (κ3) is 3.19. The third-order valence-electron chi connectivity index (χ3n) is 2.79. The molecule has 2 aromatic rings. The molecule has 0 aliphatic heterocycles. The summed E-state index contributed by atoms with van der Waals surface area (Å²) in [4.78, 5) is 3.84. The number of nitrogens with zero attached hydrogens (tertiary/aromatic N) is 4. The molecule has 104 valence electrons. The lowest BCUT2D eigenvalue weighted by molar-refractivity contribution is 0.532. The second kappa shape index (κ2) is 6.26. The first kappa shape index (κ1) is 14.2. The van der Waals surface area contributed by atoms with Crippen LogP contribution < -0.4 is 5.32 Å². The molecule has 0 saturated heterocycles. The fraction of sp³-hybridized carbons (Fsp3) is 0.357. The fourth-order valence-electron chi connectivity index (χ4n) is 1.85. The van der Waals surface area contributed by atoms with E-state index in [9.17, 15) is 4.39 Å². The van der Waals surface area contributed by atoms with E-state index >= 15 is 0 Å². The first-order chi connectivity index (χ1) is 9.61. The predicted octanol–water partition coefficient (Wildman–Crippen LogP) is 2.02. The topological polar surface area (TPSA) is 66.5 Å². The van der Waals surface area contributed by atoms with E-state index in [1.54, 1.807) is 12.1 Å². The summed E-state index contributed by atoms with van der Waals surface area (Å²) in [6, 6.07) is 6.64. The van der Waals surface area contributed by atoms with Gasteiger partial charge in [0.1, 0.15) is 18.2 Å². The summed E-state index contributed by atoms with van der Waals surface area (Å²) in [7, 11) is 0. The highest BCUT2D eigenvalue weighted by molar-refractivity contribution is 5.41. The van der Waals surface area contributed by atoms with Crippen LogP contribution in [0.15, 0.2) is 24.5 Å². The average molecular weight is 273 g/mol. The van der Waals surface area contributed by atoms with Gasteiger partial charge in [0.15, 0.2) is 0 Å². The molecule has 0 radical (unpaired) electrons. The molecule has 1 N–H and O–H groups in total. The van der Waals surface area contributed by atoms with Crippen LogP contribution in [0.1, 0.15) is 25.2 Å². The van der Waals surface area contributed by atoms with Crippen molar-refractivity contribution in [1.29, 1.82) is 5.26 Å². The summed E-state index contributed by atoms with van der Waals surface area (Å²) >= 11 is 0. The summed E-state index contributed by atoms with van der Waals surface area (Å²) in [6.07, 6.45) is 1.42. The molecule has 0 saturated carbocycles. The molecule has 0 aliphatic carbocycles. The molecule has 0 aliphatic rings. The zero-order chi connectivity index (χ0) is 14.5. The zero-order valence-electron chi connectivity index (χ0n) is 11.5. The Balaban J connectivity index is 2.28. The molecule has 0 unspecified atom stereocenters. The normalized spacial score (nSPS) is 10.8. The molecule has 0 spiro atoms. The number of aromatic nitrogens is 3. The second-order valence-electron chi connectivity index (χ2n) is 4.89. The van der Waals surface area contributed by atoms with E-state index in [1.165, 1.54) is 17.1 Å². The van der Waals surface area contributed by atoms with Crippen LogP contribution in [0.2, 0.25) is 0 Å². The Hall–Kier alpha value is -2.26. The molecule has 2 rings (SSSR count). The van der Waals surface area contributed by atoms with Gasteiger partial charge in [0, 0.05) is 12.1 Å². The molecule has 0 amide bonds. The van der Waals surface area contributed by atoms with Crippen molar-refractivity contribution >= 4 is 0 Å². The number of hydrogen-bond donors (Lipinski definition) is 1. The van der Waals surface area contributed by atoms with Gasteiger partial charge in [0.25, 0.3) is 5.82 Å². The van der Waals surface area contributed by atoms with Crippen molar-refractivity contribution < 1.29 is 4.39 Å². The summed E-state index contributed by atoms with van der Waals surface area (Å²) < 4.78 is 15.4. The van der Waals surface area contributed by atoms with Crippen LogP contribution in [0.3, 0.4) is 0 Å². The van der Waals surface area contributed by atoms with Gasteiger partial charge in [0.2, 0.25) is 0 Å². The fourth-order valence-corrected chi connectivity index (χ4v) is 1.85. The van der Waals surface area contributed by atoms with Crippen LogP contribution in [0, 0.1) is 23.1 Å². The molecule has 0 fully saturated rings. The summed E-state index contributed by atoms with van der Waals surface area (Å²) in [5.41, 5.74) is 1.11. The van der Waals surface area contributed by atoms with E-state index in [0.29, 0.717) is 23.7 Å². The zero-order valence-corrected chi connectivity index (χ0v) is 11.5. The highest BCUT2D eigenvalue weighted by atomic mass is 19.1. The predicted molar refractivity (Wildman–Crippen MR) is 72.6 cm³/mol. The molecule has 0 bridgehead atoms.